The van der Waals surface area contributed by atoms with Crippen molar-refractivity contribution in [2.24, 2.45) is 0 Å². The van der Waals surface area contributed by atoms with E-state index in [0.717, 1.165) is 44.6 Å². The van der Waals surface area contributed by atoms with Gasteiger partial charge >= 0.3 is 0 Å². The van der Waals surface area contributed by atoms with Crippen LogP contribution >= 0.6 is 11.8 Å². The van der Waals surface area contributed by atoms with Gasteiger partial charge < -0.3 is 9.72 Å². The molecule has 0 fully saturated rings. The molecule has 0 aromatic carbocycles. The van der Waals surface area contributed by atoms with E-state index >= 15 is 0 Å². The minimum absolute atomic E-state index is 0.738. The van der Waals surface area contributed by atoms with Gasteiger partial charge in [0.2, 0.25) is 0 Å². The first kappa shape index (κ1) is 13.9. The summed E-state index contributed by atoms with van der Waals surface area (Å²) in [5, 5.41) is 0.851. The van der Waals surface area contributed by atoms with Gasteiger partial charge in [0.05, 0.1) is 18.3 Å². The number of hydrogen-bond acceptors (Lipinski definition) is 5. The zero-order chi connectivity index (χ0) is 14.8. The molecular weight excluding hydrogens is 284 g/mol. The van der Waals surface area contributed by atoms with Crippen LogP contribution in [0.2, 0.25) is 0 Å². The summed E-state index contributed by atoms with van der Waals surface area (Å²) in [7, 11) is 1.69. The summed E-state index contributed by atoms with van der Waals surface area (Å²) in [4.78, 5) is 16.4. The number of thioether (sulfide) groups is 1. The molecule has 0 aliphatic carbocycles. The van der Waals surface area contributed by atoms with Gasteiger partial charge in [-0.05, 0) is 26.0 Å². The Bertz CT molecular complexity index is 751. The van der Waals surface area contributed by atoms with Gasteiger partial charge in [-0.2, -0.15) is 0 Å². The number of ether oxygens (including phenoxy) is 1. The minimum atomic E-state index is 0.738. The molecule has 0 unspecified atom stereocenters. The molecule has 3 aromatic rings. The van der Waals surface area contributed by atoms with Crippen LogP contribution in [0.25, 0.3) is 11.2 Å². The lowest BCUT2D eigenvalue weighted by Gasteiger charge is -2.11. The van der Waals surface area contributed by atoms with Crippen LogP contribution in [0.1, 0.15) is 16.8 Å². The average molecular weight is 300 g/mol. The number of rotatable bonds is 4. The molecule has 21 heavy (non-hydrogen) atoms. The Kier molecular flexibility index (Phi) is 3.79. The van der Waals surface area contributed by atoms with Crippen LogP contribution < -0.4 is 4.74 Å². The molecule has 3 heterocycles. The lowest BCUT2D eigenvalue weighted by atomic mass is 10.1. The van der Waals surface area contributed by atoms with Crippen LogP contribution in [-0.4, -0.2) is 27.0 Å². The van der Waals surface area contributed by atoms with E-state index in [4.69, 9.17) is 4.74 Å². The van der Waals surface area contributed by atoms with E-state index in [9.17, 15) is 0 Å². The van der Waals surface area contributed by atoms with E-state index in [1.807, 2.05) is 32.2 Å². The predicted molar refractivity (Wildman–Crippen MR) is 83.7 cm³/mol. The molecule has 0 spiro atoms. The summed E-state index contributed by atoms with van der Waals surface area (Å²) in [6, 6.07) is 3.86. The minimum Gasteiger partial charge on any atom is -0.496 e. The molecule has 5 nitrogen and oxygen atoms in total. The molecule has 1 N–H and O–H groups in total. The number of imidazole rings is 1. The van der Waals surface area contributed by atoms with E-state index in [1.54, 1.807) is 25.1 Å². The zero-order valence-corrected chi connectivity index (χ0v) is 13.0. The third-order valence-electron chi connectivity index (χ3n) is 3.33. The molecule has 108 valence electrons. The molecule has 0 radical (unpaired) electrons. The van der Waals surface area contributed by atoms with Gasteiger partial charge in [0.15, 0.2) is 10.8 Å². The highest BCUT2D eigenvalue weighted by Crippen LogP contribution is 2.28. The van der Waals surface area contributed by atoms with Crippen molar-refractivity contribution in [3.8, 4) is 5.75 Å². The number of hydrogen-bond donors (Lipinski definition) is 1. The second-order valence-corrected chi connectivity index (χ2v) is 5.72. The van der Waals surface area contributed by atoms with E-state index in [1.165, 1.54) is 0 Å². The zero-order valence-electron chi connectivity index (χ0n) is 12.2. The second-order valence-electron chi connectivity index (χ2n) is 4.75. The van der Waals surface area contributed by atoms with Crippen LogP contribution in [-0.2, 0) is 5.75 Å². The number of aromatic amines is 1. The summed E-state index contributed by atoms with van der Waals surface area (Å²) >= 11 is 1.61. The van der Waals surface area contributed by atoms with E-state index < -0.39 is 0 Å². The number of pyridine rings is 2. The van der Waals surface area contributed by atoms with Crippen molar-refractivity contribution >= 4 is 22.9 Å². The van der Waals surface area contributed by atoms with Crippen molar-refractivity contribution in [1.82, 2.24) is 19.9 Å². The van der Waals surface area contributed by atoms with E-state index in [0.29, 0.717) is 0 Å². The topological polar surface area (TPSA) is 63.7 Å². The van der Waals surface area contributed by atoms with Gasteiger partial charge in [-0.25, -0.2) is 9.97 Å². The van der Waals surface area contributed by atoms with Crippen molar-refractivity contribution in [1.29, 1.82) is 0 Å². The molecule has 0 saturated heterocycles. The normalized spacial score (nSPS) is 11.0. The van der Waals surface area contributed by atoms with Crippen LogP contribution in [0.4, 0.5) is 0 Å². The smallest absolute Gasteiger partial charge is 0.178 e. The number of methoxy groups -OCH3 is 1. The molecule has 0 bridgehead atoms. The number of H-pyrrole nitrogens is 1. The predicted octanol–water partition coefficient (Wildman–Crippen LogP) is 3.27. The first-order valence-corrected chi connectivity index (χ1v) is 7.60. The van der Waals surface area contributed by atoms with Gasteiger partial charge in [-0.1, -0.05) is 11.8 Å². The van der Waals surface area contributed by atoms with Crippen LogP contribution in [0.15, 0.2) is 29.7 Å². The van der Waals surface area contributed by atoms with Gasteiger partial charge in [-0.15, -0.1) is 0 Å². The number of aromatic nitrogens is 4. The molecule has 6 heteroatoms. The molecule has 0 saturated carbocycles. The fourth-order valence-corrected chi connectivity index (χ4v) is 3.14. The summed E-state index contributed by atoms with van der Waals surface area (Å²) in [5.74, 6) is 1.65. The van der Waals surface area contributed by atoms with Crippen molar-refractivity contribution in [3.63, 3.8) is 0 Å². The molecule has 0 atom stereocenters. The Morgan fingerprint density at radius 2 is 2.14 bits per heavy atom. The van der Waals surface area contributed by atoms with E-state index in [2.05, 4.69) is 19.9 Å². The lowest BCUT2D eigenvalue weighted by molar-refractivity contribution is 0.407. The number of fused-ring (bicyclic) bond motifs is 1. The Morgan fingerprint density at radius 1 is 1.29 bits per heavy atom. The highest BCUT2D eigenvalue weighted by molar-refractivity contribution is 7.98. The fraction of sp³-hybridized carbons (Fsp3) is 0.267. The monoisotopic (exact) mass is 300 g/mol. The Morgan fingerprint density at radius 3 is 2.90 bits per heavy atom. The molecule has 0 amide bonds. The number of nitrogens with one attached hydrogen (secondary N) is 1. The maximum absolute atomic E-state index is 5.43. The highest BCUT2D eigenvalue weighted by Gasteiger charge is 2.11. The first-order chi connectivity index (χ1) is 10.2. The maximum Gasteiger partial charge on any atom is 0.178 e. The average Bonchev–Trinajstić information content (AvgIpc) is 2.90. The van der Waals surface area contributed by atoms with Gasteiger partial charge in [0.1, 0.15) is 5.75 Å². The molecule has 3 aromatic heterocycles. The van der Waals surface area contributed by atoms with Gasteiger partial charge in [0, 0.05) is 29.3 Å². The van der Waals surface area contributed by atoms with Crippen molar-refractivity contribution in [2.45, 2.75) is 24.8 Å². The summed E-state index contributed by atoms with van der Waals surface area (Å²) < 4.78 is 5.43. The van der Waals surface area contributed by atoms with E-state index in [-0.39, 0.29) is 0 Å². The second kappa shape index (κ2) is 5.73. The molecule has 0 aliphatic heterocycles. The summed E-state index contributed by atoms with van der Waals surface area (Å²) in [6.45, 7) is 4.04. The largest absolute Gasteiger partial charge is 0.496 e. The quantitative estimate of drug-likeness (QED) is 0.749. The van der Waals surface area contributed by atoms with Crippen LogP contribution in [0.3, 0.4) is 0 Å². The SMILES string of the molecule is COc1c(C)cnc(CSc2nc3ncccc3[nH]2)c1C. The fourth-order valence-electron chi connectivity index (χ4n) is 2.24. The highest BCUT2D eigenvalue weighted by atomic mass is 32.2. The van der Waals surface area contributed by atoms with Gasteiger partial charge in [-0.3, -0.25) is 4.98 Å². The Labute approximate surface area is 127 Å². The van der Waals surface area contributed by atoms with Crippen molar-refractivity contribution in [2.75, 3.05) is 7.11 Å². The summed E-state index contributed by atoms with van der Waals surface area (Å²) in [5.41, 5.74) is 4.84. The van der Waals surface area contributed by atoms with Crippen molar-refractivity contribution < 1.29 is 4.74 Å². The third-order valence-corrected chi connectivity index (χ3v) is 4.22. The molecule has 3 rings (SSSR count). The molecular formula is C15H16N4OS. The van der Waals surface area contributed by atoms with Crippen molar-refractivity contribution in [3.05, 3.63) is 41.3 Å². The Hall–Kier alpha value is -2.08. The van der Waals surface area contributed by atoms with Gasteiger partial charge in [0.25, 0.3) is 0 Å². The Balaban J connectivity index is 1.81. The lowest BCUT2D eigenvalue weighted by Crippen LogP contribution is -1.98. The third kappa shape index (κ3) is 2.71. The summed E-state index contributed by atoms with van der Waals surface area (Å²) in [6.07, 6.45) is 3.59. The standard InChI is InChI=1S/C15H16N4OS/c1-9-7-17-12(10(2)13(9)20-3)8-21-15-18-11-5-4-6-16-14(11)19-15/h4-7H,8H2,1-3H3,(H,16,18,19). The van der Waals surface area contributed by atoms with Crippen LogP contribution in [0, 0.1) is 13.8 Å². The maximum atomic E-state index is 5.43. The molecule has 0 aliphatic rings. The number of aryl methyl sites for hydroxylation is 1. The first-order valence-electron chi connectivity index (χ1n) is 6.61. The number of nitrogens with zero attached hydrogens (tertiary/aromatic N) is 3. The van der Waals surface area contributed by atoms with Crippen LogP contribution in [0.5, 0.6) is 5.75 Å².